The van der Waals surface area contributed by atoms with Crippen molar-refractivity contribution in [3.8, 4) is 0 Å². The number of rotatable bonds is 8. The predicted octanol–water partition coefficient (Wildman–Crippen LogP) is 0.341. The Morgan fingerprint density at radius 1 is 1.12 bits per heavy atom. The number of nitrogens with one attached hydrogen (secondary N) is 3. The molecule has 144 valence electrons. The number of hydrogen-bond donors (Lipinski definition) is 5. The van der Waals surface area contributed by atoms with Crippen LogP contribution in [0.4, 0.5) is 9.59 Å². The zero-order valence-electron chi connectivity index (χ0n) is 15.0. The van der Waals surface area contributed by atoms with Crippen LogP contribution in [0.5, 0.6) is 0 Å². The highest BCUT2D eigenvalue weighted by Gasteiger charge is 2.27. The lowest BCUT2D eigenvalue weighted by atomic mass is 9.84. The van der Waals surface area contributed by atoms with E-state index in [1.807, 2.05) is 0 Å². The minimum Gasteiger partial charge on any atom is -0.465 e. The van der Waals surface area contributed by atoms with E-state index in [0.29, 0.717) is 12.3 Å². The highest BCUT2D eigenvalue weighted by Crippen LogP contribution is 2.27. The van der Waals surface area contributed by atoms with Crippen molar-refractivity contribution in [2.45, 2.75) is 50.6 Å². The summed E-state index contributed by atoms with van der Waals surface area (Å²) in [6.45, 7) is -0.300. The van der Waals surface area contributed by atoms with Gasteiger partial charge in [0.1, 0.15) is 6.04 Å². The van der Waals surface area contributed by atoms with Gasteiger partial charge in [0.15, 0.2) is 0 Å². The number of urea groups is 1. The SMILES string of the molecule is CN(C)C(=O)NCC(CO)NC(=O)C(CC1CCCCC1)NC(=O)O. The van der Waals surface area contributed by atoms with Crippen LogP contribution in [0.15, 0.2) is 0 Å². The Hall–Kier alpha value is -2.03. The van der Waals surface area contributed by atoms with Gasteiger partial charge in [0.2, 0.25) is 5.91 Å². The molecular formula is C16H30N4O5. The fraction of sp³-hybridized carbons (Fsp3) is 0.812. The first-order valence-electron chi connectivity index (χ1n) is 8.69. The van der Waals surface area contributed by atoms with Crippen LogP contribution in [0, 0.1) is 5.92 Å². The smallest absolute Gasteiger partial charge is 0.405 e. The number of amides is 4. The molecule has 0 bridgehead atoms. The van der Waals surface area contributed by atoms with Crippen LogP contribution in [0.25, 0.3) is 0 Å². The van der Waals surface area contributed by atoms with Crippen LogP contribution in [-0.4, -0.2) is 72.5 Å². The summed E-state index contributed by atoms with van der Waals surface area (Å²) in [5, 5.41) is 25.8. The Morgan fingerprint density at radius 3 is 2.28 bits per heavy atom. The summed E-state index contributed by atoms with van der Waals surface area (Å²) in [5.74, 6) is -0.163. The third kappa shape index (κ3) is 8.06. The summed E-state index contributed by atoms with van der Waals surface area (Å²) in [6.07, 6.45) is 4.56. The van der Waals surface area contributed by atoms with Gasteiger partial charge in [0.05, 0.1) is 12.6 Å². The molecule has 0 aliphatic heterocycles. The van der Waals surface area contributed by atoms with Crippen LogP contribution in [0.1, 0.15) is 38.5 Å². The van der Waals surface area contributed by atoms with E-state index in [9.17, 15) is 19.5 Å². The Labute approximate surface area is 148 Å². The minimum absolute atomic E-state index is 0.0580. The molecule has 0 spiro atoms. The summed E-state index contributed by atoms with van der Waals surface area (Å²) in [4.78, 5) is 36.3. The Morgan fingerprint density at radius 2 is 1.76 bits per heavy atom. The second kappa shape index (κ2) is 10.8. The van der Waals surface area contributed by atoms with Crippen LogP contribution in [-0.2, 0) is 4.79 Å². The Kier molecular flexibility index (Phi) is 9.04. The molecule has 1 saturated carbocycles. The summed E-state index contributed by atoms with van der Waals surface area (Å²) in [5.41, 5.74) is 0. The normalized spacial score (nSPS) is 17.2. The second-order valence-electron chi connectivity index (χ2n) is 6.71. The number of aliphatic hydroxyl groups is 1. The van der Waals surface area contributed by atoms with Gasteiger partial charge in [-0.05, 0) is 12.3 Å². The molecule has 9 heteroatoms. The first kappa shape index (κ1) is 21.0. The first-order valence-corrected chi connectivity index (χ1v) is 8.69. The molecule has 25 heavy (non-hydrogen) atoms. The predicted molar refractivity (Wildman–Crippen MR) is 92.2 cm³/mol. The van der Waals surface area contributed by atoms with E-state index >= 15 is 0 Å². The number of carbonyl (C=O) groups excluding carboxylic acids is 2. The van der Waals surface area contributed by atoms with Crippen LogP contribution in [0.3, 0.4) is 0 Å². The van der Waals surface area contributed by atoms with Gasteiger partial charge < -0.3 is 31.1 Å². The maximum Gasteiger partial charge on any atom is 0.405 e. The monoisotopic (exact) mass is 358 g/mol. The maximum atomic E-state index is 12.4. The fourth-order valence-electron chi connectivity index (χ4n) is 2.97. The molecule has 0 radical (unpaired) electrons. The number of aliphatic hydroxyl groups excluding tert-OH is 1. The molecule has 4 amide bonds. The van der Waals surface area contributed by atoms with Crippen molar-refractivity contribution in [2.24, 2.45) is 5.92 Å². The zero-order valence-corrected chi connectivity index (χ0v) is 15.0. The van der Waals surface area contributed by atoms with E-state index in [1.54, 1.807) is 14.1 Å². The molecule has 1 aliphatic rings. The van der Waals surface area contributed by atoms with Crippen molar-refractivity contribution in [2.75, 3.05) is 27.2 Å². The average Bonchev–Trinajstić information content (AvgIpc) is 2.57. The lowest BCUT2D eigenvalue weighted by Gasteiger charge is -2.27. The number of nitrogens with zero attached hydrogens (tertiary/aromatic N) is 1. The molecule has 2 unspecified atom stereocenters. The molecule has 2 atom stereocenters. The van der Waals surface area contributed by atoms with Gasteiger partial charge in [-0.1, -0.05) is 32.1 Å². The third-order valence-electron chi connectivity index (χ3n) is 4.38. The van der Waals surface area contributed by atoms with E-state index in [0.717, 1.165) is 25.7 Å². The lowest BCUT2D eigenvalue weighted by molar-refractivity contribution is -0.124. The quantitative estimate of drug-likeness (QED) is 0.427. The van der Waals surface area contributed by atoms with E-state index in [2.05, 4.69) is 16.0 Å². The molecule has 0 heterocycles. The van der Waals surface area contributed by atoms with Crippen LogP contribution in [0.2, 0.25) is 0 Å². The Bertz CT molecular complexity index is 452. The van der Waals surface area contributed by atoms with E-state index in [4.69, 9.17) is 5.11 Å². The van der Waals surface area contributed by atoms with E-state index in [-0.39, 0.29) is 19.2 Å². The number of carboxylic acid groups (broad SMARTS) is 1. The van der Waals surface area contributed by atoms with E-state index in [1.165, 1.54) is 11.3 Å². The van der Waals surface area contributed by atoms with Gasteiger partial charge >= 0.3 is 12.1 Å². The average molecular weight is 358 g/mol. The van der Waals surface area contributed by atoms with Crippen molar-refractivity contribution in [1.82, 2.24) is 20.9 Å². The zero-order chi connectivity index (χ0) is 18.8. The molecule has 0 aromatic carbocycles. The largest absolute Gasteiger partial charge is 0.465 e. The molecular weight excluding hydrogens is 328 g/mol. The van der Waals surface area contributed by atoms with Crippen LogP contribution >= 0.6 is 0 Å². The minimum atomic E-state index is -1.25. The van der Waals surface area contributed by atoms with Gasteiger partial charge in [0, 0.05) is 20.6 Å². The van der Waals surface area contributed by atoms with Crippen LogP contribution < -0.4 is 16.0 Å². The molecule has 1 aliphatic carbocycles. The molecule has 0 aromatic rings. The highest BCUT2D eigenvalue weighted by atomic mass is 16.4. The van der Waals surface area contributed by atoms with Gasteiger partial charge in [-0.25, -0.2) is 9.59 Å². The van der Waals surface area contributed by atoms with Crippen molar-refractivity contribution >= 4 is 18.0 Å². The third-order valence-corrected chi connectivity index (χ3v) is 4.38. The highest BCUT2D eigenvalue weighted by molar-refractivity contribution is 5.85. The van der Waals surface area contributed by atoms with Gasteiger partial charge in [-0.2, -0.15) is 0 Å². The van der Waals surface area contributed by atoms with Gasteiger partial charge in [0.25, 0.3) is 0 Å². The van der Waals surface area contributed by atoms with Crippen molar-refractivity contribution in [3.05, 3.63) is 0 Å². The summed E-state index contributed by atoms with van der Waals surface area (Å²) < 4.78 is 0. The molecule has 1 rings (SSSR count). The second-order valence-corrected chi connectivity index (χ2v) is 6.71. The molecule has 5 N–H and O–H groups in total. The van der Waals surface area contributed by atoms with Crippen molar-refractivity contribution in [3.63, 3.8) is 0 Å². The van der Waals surface area contributed by atoms with Crippen molar-refractivity contribution < 1.29 is 24.6 Å². The van der Waals surface area contributed by atoms with E-state index < -0.39 is 24.1 Å². The molecule has 9 nitrogen and oxygen atoms in total. The molecule has 0 saturated heterocycles. The number of carbonyl (C=O) groups is 3. The lowest BCUT2D eigenvalue weighted by Crippen LogP contribution is -2.54. The van der Waals surface area contributed by atoms with Gasteiger partial charge in [-0.15, -0.1) is 0 Å². The van der Waals surface area contributed by atoms with Gasteiger partial charge in [-0.3, -0.25) is 4.79 Å². The molecule has 1 fully saturated rings. The van der Waals surface area contributed by atoms with Crippen molar-refractivity contribution in [1.29, 1.82) is 0 Å². The fourth-order valence-corrected chi connectivity index (χ4v) is 2.97. The summed E-state index contributed by atoms with van der Waals surface area (Å²) >= 11 is 0. The summed E-state index contributed by atoms with van der Waals surface area (Å²) in [7, 11) is 3.16. The standard InChI is InChI=1S/C16H30N4O5/c1-20(2)15(23)17-9-12(10-21)18-14(22)13(19-16(24)25)8-11-6-4-3-5-7-11/h11-13,19,21H,3-10H2,1-2H3,(H,17,23)(H,18,22)(H,24,25). The number of hydrogen-bond acceptors (Lipinski definition) is 4. The topological polar surface area (TPSA) is 131 Å². The molecule has 0 aromatic heterocycles. The maximum absolute atomic E-state index is 12.4. The summed E-state index contributed by atoms with van der Waals surface area (Å²) in [6, 6.07) is -1.88. The first-order chi connectivity index (χ1) is 11.8. The Balaban J connectivity index is 2.58.